The van der Waals surface area contributed by atoms with Gasteiger partial charge in [0, 0.05) is 37.8 Å². The molecule has 1 atom stereocenters. The van der Waals surface area contributed by atoms with E-state index < -0.39 is 11.6 Å². The molecular weight excluding hydrogens is 376 g/mol. The van der Waals surface area contributed by atoms with Crippen LogP contribution in [0.3, 0.4) is 0 Å². The van der Waals surface area contributed by atoms with Gasteiger partial charge in [0.25, 0.3) is 0 Å². The SMILES string of the molecule is CCNC(=NCCCc1c(C)noc1C)NC1CCN(c2c(F)cccc2F)C1. The van der Waals surface area contributed by atoms with E-state index in [9.17, 15) is 8.78 Å². The van der Waals surface area contributed by atoms with Crippen molar-refractivity contribution in [3.8, 4) is 0 Å². The third-order valence-corrected chi connectivity index (χ3v) is 5.16. The minimum absolute atomic E-state index is 0.0539. The molecule has 29 heavy (non-hydrogen) atoms. The molecule has 1 aliphatic heterocycles. The highest BCUT2D eigenvalue weighted by atomic mass is 19.1. The van der Waals surface area contributed by atoms with Gasteiger partial charge in [0.1, 0.15) is 23.1 Å². The molecule has 158 valence electrons. The van der Waals surface area contributed by atoms with Crippen LogP contribution in [0, 0.1) is 25.5 Å². The second kappa shape index (κ2) is 9.71. The number of aryl methyl sites for hydroxylation is 2. The summed E-state index contributed by atoms with van der Waals surface area (Å²) in [5, 5.41) is 10.6. The molecule has 0 radical (unpaired) electrons. The third kappa shape index (κ3) is 5.25. The number of hydrogen-bond acceptors (Lipinski definition) is 4. The van der Waals surface area contributed by atoms with Crippen molar-refractivity contribution in [1.82, 2.24) is 15.8 Å². The Kier molecular flexibility index (Phi) is 7.06. The van der Waals surface area contributed by atoms with Gasteiger partial charge in [-0.05, 0) is 52.2 Å². The van der Waals surface area contributed by atoms with Crippen molar-refractivity contribution >= 4 is 11.6 Å². The van der Waals surface area contributed by atoms with Crippen molar-refractivity contribution in [2.75, 3.05) is 31.1 Å². The number of anilines is 1. The molecule has 0 amide bonds. The van der Waals surface area contributed by atoms with Crippen LogP contribution in [0.2, 0.25) is 0 Å². The van der Waals surface area contributed by atoms with E-state index in [1.807, 2.05) is 20.8 Å². The number of para-hydroxylation sites is 1. The average molecular weight is 405 g/mol. The molecule has 0 saturated carbocycles. The Morgan fingerprint density at radius 2 is 2.07 bits per heavy atom. The Morgan fingerprint density at radius 1 is 1.31 bits per heavy atom. The van der Waals surface area contributed by atoms with Gasteiger partial charge in [0.2, 0.25) is 0 Å². The molecule has 1 fully saturated rings. The van der Waals surface area contributed by atoms with Crippen molar-refractivity contribution in [2.24, 2.45) is 4.99 Å². The molecule has 2 aromatic rings. The maximum absolute atomic E-state index is 14.0. The quantitative estimate of drug-likeness (QED) is 0.420. The third-order valence-electron chi connectivity index (χ3n) is 5.16. The number of benzene rings is 1. The highest BCUT2D eigenvalue weighted by Gasteiger charge is 2.27. The van der Waals surface area contributed by atoms with E-state index in [1.54, 1.807) is 4.90 Å². The molecule has 3 rings (SSSR count). The Bertz CT molecular complexity index is 812. The molecule has 2 heterocycles. The molecule has 1 aromatic carbocycles. The highest BCUT2D eigenvalue weighted by molar-refractivity contribution is 5.80. The van der Waals surface area contributed by atoms with Crippen LogP contribution in [0.1, 0.15) is 36.8 Å². The van der Waals surface area contributed by atoms with Gasteiger partial charge in [-0.15, -0.1) is 0 Å². The minimum atomic E-state index is -0.523. The van der Waals surface area contributed by atoms with E-state index in [4.69, 9.17) is 4.52 Å². The number of aromatic nitrogens is 1. The maximum atomic E-state index is 14.0. The van der Waals surface area contributed by atoms with Gasteiger partial charge in [-0.2, -0.15) is 0 Å². The van der Waals surface area contributed by atoms with Crippen molar-refractivity contribution < 1.29 is 13.3 Å². The number of nitrogens with zero attached hydrogens (tertiary/aromatic N) is 3. The van der Waals surface area contributed by atoms with Gasteiger partial charge in [-0.1, -0.05) is 11.2 Å². The van der Waals surface area contributed by atoms with Crippen LogP contribution in [0.25, 0.3) is 0 Å². The molecular formula is C21H29F2N5O. The molecule has 0 spiro atoms. The fourth-order valence-electron chi connectivity index (χ4n) is 3.69. The molecule has 1 saturated heterocycles. The van der Waals surface area contributed by atoms with Crippen molar-refractivity contribution in [1.29, 1.82) is 0 Å². The van der Waals surface area contributed by atoms with Crippen molar-refractivity contribution in [3.63, 3.8) is 0 Å². The number of hydrogen-bond donors (Lipinski definition) is 2. The first-order valence-electron chi connectivity index (χ1n) is 10.1. The fraction of sp³-hybridized carbons (Fsp3) is 0.524. The normalized spacial score (nSPS) is 17.1. The van der Waals surface area contributed by atoms with Crippen molar-refractivity contribution in [3.05, 3.63) is 46.9 Å². The predicted octanol–water partition coefficient (Wildman–Crippen LogP) is 3.34. The van der Waals surface area contributed by atoms with E-state index >= 15 is 0 Å². The lowest BCUT2D eigenvalue weighted by Gasteiger charge is -2.21. The molecule has 1 aromatic heterocycles. The second-order valence-electron chi connectivity index (χ2n) is 7.31. The summed E-state index contributed by atoms with van der Waals surface area (Å²) in [5.74, 6) is 0.547. The zero-order chi connectivity index (χ0) is 20.8. The van der Waals surface area contributed by atoms with Crippen LogP contribution >= 0.6 is 0 Å². The lowest BCUT2D eigenvalue weighted by Crippen LogP contribution is -2.44. The molecule has 8 heteroatoms. The molecule has 0 bridgehead atoms. The second-order valence-corrected chi connectivity index (χ2v) is 7.31. The summed E-state index contributed by atoms with van der Waals surface area (Å²) < 4.78 is 33.3. The monoisotopic (exact) mass is 405 g/mol. The summed E-state index contributed by atoms with van der Waals surface area (Å²) in [6.45, 7) is 8.42. The van der Waals surface area contributed by atoms with Crippen LogP contribution in [0.4, 0.5) is 14.5 Å². The van der Waals surface area contributed by atoms with Gasteiger partial charge in [-0.25, -0.2) is 8.78 Å². The highest BCUT2D eigenvalue weighted by Crippen LogP contribution is 2.26. The maximum Gasteiger partial charge on any atom is 0.191 e. The molecule has 1 aliphatic rings. The van der Waals surface area contributed by atoms with Crippen LogP contribution in [-0.2, 0) is 6.42 Å². The lowest BCUT2D eigenvalue weighted by atomic mass is 10.1. The Morgan fingerprint density at radius 3 is 2.72 bits per heavy atom. The first-order valence-corrected chi connectivity index (χ1v) is 10.1. The lowest BCUT2D eigenvalue weighted by molar-refractivity contribution is 0.392. The van der Waals surface area contributed by atoms with E-state index in [0.717, 1.165) is 48.8 Å². The smallest absolute Gasteiger partial charge is 0.191 e. The first-order chi connectivity index (χ1) is 14.0. The van der Waals surface area contributed by atoms with E-state index in [0.29, 0.717) is 19.6 Å². The van der Waals surface area contributed by atoms with Gasteiger partial charge in [0.15, 0.2) is 5.96 Å². The molecule has 2 N–H and O–H groups in total. The fourth-order valence-corrected chi connectivity index (χ4v) is 3.69. The largest absolute Gasteiger partial charge is 0.365 e. The molecule has 0 aliphatic carbocycles. The Balaban J connectivity index is 1.54. The standard InChI is InChI=1S/C21H29F2N5O/c1-4-24-21(25-11-6-7-17-14(2)27-29-15(17)3)26-16-10-12-28(13-16)20-18(22)8-5-9-19(20)23/h5,8-9,16H,4,6-7,10-13H2,1-3H3,(H2,24,25,26). The van der Waals surface area contributed by atoms with Gasteiger partial charge in [-0.3, -0.25) is 4.99 Å². The number of halogens is 2. The predicted molar refractivity (Wildman–Crippen MR) is 110 cm³/mol. The van der Waals surface area contributed by atoms with Crippen LogP contribution < -0.4 is 15.5 Å². The number of aliphatic imine (C=N–C) groups is 1. The topological polar surface area (TPSA) is 65.7 Å². The van der Waals surface area contributed by atoms with Crippen LogP contribution in [0.15, 0.2) is 27.7 Å². The summed E-state index contributed by atoms with van der Waals surface area (Å²) in [5.41, 5.74) is 2.14. The molecule has 6 nitrogen and oxygen atoms in total. The van der Waals surface area contributed by atoms with Gasteiger partial charge >= 0.3 is 0 Å². The Labute approximate surface area is 170 Å². The summed E-state index contributed by atoms with van der Waals surface area (Å²) in [4.78, 5) is 6.40. The molecule has 1 unspecified atom stereocenters. The average Bonchev–Trinajstić information content (AvgIpc) is 3.26. The van der Waals surface area contributed by atoms with E-state index in [2.05, 4.69) is 20.8 Å². The summed E-state index contributed by atoms with van der Waals surface area (Å²) in [6.07, 6.45) is 2.54. The van der Waals surface area contributed by atoms with E-state index in [-0.39, 0.29) is 11.7 Å². The summed E-state index contributed by atoms with van der Waals surface area (Å²) in [6, 6.07) is 4.06. The minimum Gasteiger partial charge on any atom is -0.365 e. The number of nitrogens with one attached hydrogen (secondary N) is 2. The Hall–Kier alpha value is -2.64. The summed E-state index contributed by atoms with van der Waals surface area (Å²) >= 11 is 0. The first kappa shape index (κ1) is 21.1. The van der Waals surface area contributed by atoms with Crippen molar-refractivity contribution in [2.45, 2.75) is 46.1 Å². The van der Waals surface area contributed by atoms with Crippen LogP contribution in [0.5, 0.6) is 0 Å². The summed E-state index contributed by atoms with van der Waals surface area (Å²) in [7, 11) is 0. The van der Waals surface area contributed by atoms with Gasteiger partial charge < -0.3 is 20.1 Å². The zero-order valence-corrected chi connectivity index (χ0v) is 17.3. The van der Waals surface area contributed by atoms with E-state index in [1.165, 1.54) is 18.2 Å². The zero-order valence-electron chi connectivity index (χ0n) is 17.3. The van der Waals surface area contributed by atoms with Gasteiger partial charge in [0.05, 0.1) is 5.69 Å². The van der Waals surface area contributed by atoms with Crippen LogP contribution in [-0.4, -0.2) is 43.3 Å². The number of rotatable bonds is 7. The number of guanidine groups is 1.